The molecule has 0 fully saturated rings. The summed E-state index contributed by atoms with van der Waals surface area (Å²) in [6, 6.07) is 0.383. The molecule has 0 saturated heterocycles. The lowest BCUT2D eigenvalue weighted by Gasteiger charge is -2.11. The number of ether oxygens (including phenoxy) is 1. The zero-order valence-electron chi connectivity index (χ0n) is 11.0. The minimum Gasteiger partial charge on any atom is -0.461 e. The molecular weight excluding hydrogens is 236 g/mol. The fraction of sp³-hybridized carbons (Fsp3) is 0.727. The smallest absolute Gasteiger partial charge is 0.322 e. The van der Waals surface area contributed by atoms with Crippen LogP contribution in [0.2, 0.25) is 0 Å². The first-order valence-corrected chi connectivity index (χ1v) is 6.72. The van der Waals surface area contributed by atoms with Gasteiger partial charge < -0.3 is 10.1 Å². The van der Waals surface area contributed by atoms with Crippen LogP contribution in [-0.4, -0.2) is 32.9 Å². The lowest BCUT2D eigenvalue weighted by Crippen LogP contribution is -2.12. The summed E-state index contributed by atoms with van der Waals surface area (Å²) in [4.78, 5) is 12.8. The predicted octanol–water partition coefficient (Wildman–Crippen LogP) is 2.59. The molecule has 96 valence electrons. The molecule has 0 aliphatic rings. The van der Waals surface area contributed by atoms with Gasteiger partial charge in [0.1, 0.15) is 0 Å². The molecule has 1 aromatic rings. The molecule has 0 aromatic carbocycles. The van der Waals surface area contributed by atoms with Gasteiger partial charge in [-0.1, -0.05) is 25.6 Å². The largest absolute Gasteiger partial charge is 0.461 e. The number of rotatable bonds is 6. The van der Waals surface area contributed by atoms with E-state index in [1.807, 2.05) is 20.8 Å². The van der Waals surface area contributed by atoms with Crippen molar-refractivity contribution < 1.29 is 4.74 Å². The van der Waals surface area contributed by atoms with E-state index in [-0.39, 0.29) is 6.10 Å². The highest BCUT2D eigenvalue weighted by molar-refractivity contribution is 7.99. The average molecular weight is 256 g/mol. The molecule has 1 heterocycles. The van der Waals surface area contributed by atoms with Crippen molar-refractivity contribution in [2.75, 3.05) is 11.9 Å². The van der Waals surface area contributed by atoms with Gasteiger partial charge in [-0.05, 0) is 20.8 Å². The Bertz CT molecular complexity index is 329. The van der Waals surface area contributed by atoms with E-state index in [1.54, 1.807) is 11.8 Å². The summed E-state index contributed by atoms with van der Waals surface area (Å²) in [5, 5.41) is 4.20. The van der Waals surface area contributed by atoms with Crippen LogP contribution in [0, 0.1) is 0 Å². The highest BCUT2D eigenvalue weighted by atomic mass is 32.2. The Morgan fingerprint density at radius 3 is 2.41 bits per heavy atom. The lowest BCUT2D eigenvalue weighted by molar-refractivity contribution is 0.219. The zero-order chi connectivity index (χ0) is 12.8. The summed E-state index contributed by atoms with van der Waals surface area (Å²) in [5.41, 5.74) is 0. The van der Waals surface area contributed by atoms with Gasteiger partial charge >= 0.3 is 6.01 Å². The van der Waals surface area contributed by atoms with Gasteiger partial charge in [0.2, 0.25) is 5.95 Å². The molecule has 5 nitrogen and oxygen atoms in total. The predicted molar refractivity (Wildman–Crippen MR) is 70.7 cm³/mol. The third kappa shape index (κ3) is 5.21. The third-order valence-electron chi connectivity index (χ3n) is 1.61. The SMILES string of the molecule is CCNc1nc(OC(C)C)nc(SC(C)C)n1. The van der Waals surface area contributed by atoms with E-state index in [9.17, 15) is 0 Å². The second kappa shape index (κ2) is 6.64. The number of hydrogen-bond donors (Lipinski definition) is 1. The summed E-state index contributed by atoms with van der Waals surface area (Å²) in [6.07, 6.45) is 0.0591. The number of hydrogen-bond acceptors (Lipinski definition) is 6. The molecule has 0 bridgehead atoms. The van der Waals surface area contributed by atoms with E-state index in [0.29, 0.717) is 22.4 Å². The van der Waals surface area contributed by atoms with Crippen molar-refractivity contribution in [3.8, 4) is 6.01 Å². The van der Waals surface area contributed by atoms with Crippen LogP contribution in [0.5, 0.6) is 6.01 Å². The fourth-order valence-electron chi connectivity index (χ4n) is 1.10. The van der Waals surface area contributed by atoms with Gasteiger partial charge in [-0.3, -0.25) is 0 Å². The van der Waals surface area contributed by atoms with Crippen LogP contribution >= 0.6 is 11.8 Å². The third-order valence-corrected chi connectivity index (χ3v) is 2.48. The van der Waals surface area contributed by atoms with Gasteiger partial charge in [0.15, 0.2) is 5.16 Å². The Balaban J connectivity index is 2.91. The minimum atomic E-state index is 0.0591. The quantitative estimate of drug-likeness (QED) is 0.789. The standard InChI is InChI=1S/C11H20N4OS/c1-6-12-9-13-10(16-7(2)3)15-11(14-9)17-8(4)5/h7-8H,6H2,1-5H3,(H,12,13,14,15). The number of anilines is 1. The number of thioether (sulfide) groups is 1. The summed E-state index contributed by atoms with van der Waals surface area (Å²) in [6.45, 7) is 10.9. The van der Waals surface area contributed by atoms with Crippen molar-refractivity contribution in [1.82, 2.24) is 15.0 Å². The van der Waals surface area contributed by atoms with Gasteiger partial charge in [0.05, 0.1) is 6.10 Å². The molecule has 0 saturated carbocycles. The van der Waals surface area contributed by atoms with Crippen LogP contribution in [0.1, 0.15) is 34.6 Å². The highest BCUT2D eigenvalue weighted by Gasteiger charge is 2.10. The Morgan fingerprint density at radius 1 is 1.18 bits per heavy atom. The normalized spacial score (nSPS) is 11.0. The Hall–Kier alpha value is -1.04. The Morgan fingerprint density at radius 2 is 1.88 bits per heavy atom. The van der Waals surface area contributed by atoms with Crippen molar-refractivity contribution in [2.24, 2.45) is 0 Å². The summed E-state index contributed by atoms with van der Waals surface area (Å²) in [7, 11) is 0. The van der Waals surface area contributed by atoms with Gasteiger partial charge in [0.25, 0.3) is 0 Å². The maximum Gasteiger partial charge on any atom is 0.322 e. The molecule has 0 unspecified atom stereocenters. The van der Waals surface area contributed by atoms with E-state index in [2.05, 4.69) is 34.1 Å². The van der Waals surface area contributed by atoms with E-state index < -0.39 is 0 Å². The Kier molecular flexibility index (Phi) is 5.47. The van der Waals surface area contributed by atoms with Crippen LogP contribution in [0.15, 0.2) is 5.16 Å². The molecule has 0 amide bonds. The second-order valence-corrected chi connectivity index (χ2v) is 5.63. The van der Waals surface area contributed by atoms with Gasteiger partial charge in [0, 0.05) is 11.8 Å². The first-order valence-electron chi connectivity index (χ1n) is 5.84. The van der Waals surface area contributed by atoms with Crippen molar-refractivity contribution in [3.63, 3.8) is 0 Å². The molecule has 17 heavy (non-hydrogen) atoms. The number of nitrogens with zero attached hydrogens (tertiary/aromatic N) is 3. The van der Waals surface area contributed by atoms with Gasteiger partial charge in [-0.15, -0.1) is 0 Å². The fourth-order valence-corrected chi connectivity index (χ4v) is 1.79. The topological polar surface area (TPSA) is 59.9 Å². The first kappa shape index (κ1) is 14.0. The molecule has 0 atom stereocenters. The summed E-state index contributed by atoms with van der Waals surface area (Å²) >= 11 is 1.60. The molecule has 0 aliphatic carbocycles. The summed E-state index contributed by atoms with van der Waals surface area (Å²) in [5.74, 6) is 0.571. The van der Waals surface area contributed by atoms with Crippen LogP contribution in [-0.2, 0) is 0 Å². The lowest BCUT2D eigenvalue weighted by atomic mass is 10.5. The van der Waals surface area contributed by atoms with Crippen molar-refractivity contribution in [3.05, 3.63) is 0 Å². The maximum atomic E-state index is 5.51. The molecule has 1 N–H and O–H groups in total. The molecule has 0 radical (unpaired) electrons. The van der Waals surface area contributed by atoms with Crippen LogP contribution in [0.4, 0.5) is 5.95 Å². The van der Waals surface area contributed by atoms with E-state index >= 15 is 0 Å². The van der Waals surface area contributed by atoms with E-state index in [0.717, 1.165) is 6.54 Å². The number of aromatic nitrogens is 3. The molecule has 1 rings (SSSR count). The molecular formula is C11H20N4OS. The molecule has 0 spiro atoms. The van der Waals surface area contributed by atoms with E-state index in [1.165, 1.54) is 0 Å². The first-order chi connectivity index (χ1) is 8.01. The van der Waals surface area contributed by atoms with Crippen molar-refractivity contribution in [1.29, 1.82) is 0 Å². The number of nitrogens with one attached hydrogen (secondary N) is 1. The van der Waals surface area contributed by atoms with Crippen LogP contribution in [0.25, 0.3) is 0 Å². The monoisotopic (exact) mass is 256 g/mol. The molecule has 0 aliphatic heterocycles. The zero-order valence-corrected chi connectivity index (χ0v) is 11.8. The van der Waals surface area contributed by atoms with Gasteiger partial charge in [-0.25, -0.2) is 0 Å². The van der Waals surface area contributed by atoms with Crippen LogP contribution < -0.4 is 10.1 Å². The van der Waals surface area contributed by atoms with Crippen LogP contribution in [0.3, 0.4) is 0 Å². The second-order valence-electron chi connectivity index (χ2n) is 4.09. The molecule has 6 heteroatoms. The Labute approximate surface area is 107 Å². The highest BCUT2D eigenvalue weighted by Crippen LogP contribution is 2.21. The van der Waals surface area contributed by atoms with Gasteiger partial charge in [-0.2, -0.15) is 15.0 Å². The average Bonchev–Trinajstić information content (AvgIpc) is 2.14. The minimum absolute atomic E-state index is 0.0591. The van der Waals surface area contributed by atoms with Crippen molar-refractivity contribution in [2.45, 2.75) is 51.1 Å². The molecule has 1 aromatic heterocycles. The summed E-state index contributed by atoms with van der Waals surface area (Å²) < 4.78 is 5.51. The maximum absolute atomic E-state index is 5.51. The van der Waals surface area contributed by atoms with E-state index in [4.69, 9.17) is 4.74 Å². The van der Waals surface area contributed by atoms with Crippen molar-refractivity contribution >= 4 is 17.7 Å².